The van der Waals surface area contributed by atoms with Crippen molar-refractivity contribution < 1.29 is 14.7 Å². The van der Waals surface area contributed by atoms with Crippen LogP contribution in [0, 0.1) is 5.92 Å². The first-order chi connectivity index (χ1) is 6.15. The van der Waals surface area contributed by atoms with Gasteiger partial charge in [-0.05, 0) is 5.92 Å². The third-order valence-electron chi connectivity index (χ3n) is 1.96. The van der Waals surface area contributed by atoms with Gasteiger partial charge < -0.3 is 5.11 Å². The predicted molar refractivity (Wildman–Crippen MR) is 45.8 cm³/mol. The molecule has 0 aliphatic carbocycles. The number of rotatable bonds is 3. The maximum absolute atomic E-state index is 11.2. The van der Waals surface area contributed by atoms with Gasteiger partial charge in [-0.1, -0.05) is 6.92 Å². The van der Waals surface area contributed by atoms with E-state index in [2.05, 4.69) is 5.32 Å². The Bertz CT molecular complexity index is 201. The van der Waals surface area contributed by atoms with Gasteiger partial charge in [0.25, 0.3) is 0 Å². The van der Waals surface area contributed by atoms with Crippen molar-refractivity contribution in [3.05, 3.63) is 0 Å². The second kappa shape index (κ2) is 4.34. The zero-order valence-corrected chi connectivity index (χ0v) is 7.62. The lowest BCUT2D eigenvalue weighted by Crippen LogP contribution is -2.53. The maximum Gasteiger partial charge on any atom is 0.243 e. The average molecular weight is 186 g/mol. The minimum absolute atomic E-state index is 0.00944. The van der Waals surface area contributed by atoms with Gasteiger partial charge in [-0.2, -0.15) is 0 Å². The van der Waals surface area contributed by atoms with E-state index in [1.54, 1.807) is 6.92 Å². The molecule has 1 heterocycles. The molecule has 0 radical (unpaired) electrons. The molecule has 5 nitrogen and oxygen atoms in total. The van der Waals surface area contributed by atoms with Crippen molar-refractivity contribution in [2.45, 2.75) is 6.92 Å². The number of carbonyl (C=O) groups excluding carboxylic acids is 2. The van der Waals surface area contributed by atoms with E-state index < -0.39 is 0 Å². The van der Waals surface area contributed by atoms with Gasteiger partial charge in [-0.3, -0.25) is 19.8 Å². The van der Waals surface area contributed by atoms with Crippen LogP contribution in [0.1, 0.15) is 6.92 Å². The molecule has 13 heavy (non-hydrogen) atoms. The third kappa shape index (κ3) is 2.50. The van der Waals surface area contributed by atoms with Gasteiger partial charge in [-0.15, -0.1) is 0 Å². The molecular weight excluding hydrogens is 172 g/mol. The molecule has 0 aromatic heterocycles. The Morgan fingerprint density at radius 2 is 2.00 bits per heavy atom. The number of aliphatic hydroxyl groups is 1. The highest BCUT2D eigenvalue weighted by Crippen LogP contribution is 2.02. The van der Waals surface area contributed by atoms with Gasteiger partial charge in [-0.25, -0.2) is 0 Å². The highest BCUT2D eigenvalue weighted by Gasteiger charge is 2.26. The molecule has 0 saturated carbocycles. The van der Waals surface area contributed by atoms with E-state index in [4.69, 9.17) is 5.11 Å². The zero-order chi connectivity index (χ0) is 9.84. The molecule has 0 bridgehead atoms. The van der Waals surface area contributed by atoms with E-state index in [0.717, 1.165) is 0 Å². The van der Waals surface area contributed by atoms with Crippen molar-refractivity contribution in [3.8, 4) is 0 Å². The van der Waals surface area contributed by atoms with E-state index in [9.17, 15) is 9.59 Å². The average Bonchev–Trinajstić information content (AvgIpc) is 2.11. The molecule has 5 heteroatoms. The predicted octanol–water partition coefficient (Wildman–Crippen LogP) is -1.43. The van der Waals surface area contributed by atoms with Crippen LogP contribution < -0.4 is 5.32 Å². The summed E-state index contributed by atoms with van der Waals surface area (Å²) in [5.74, 6) is -0.473. The fraction of sp³-hybridized carbons (Fsp3) is 0.750. The van der Waals surface area contributed by atoms with Gasteiger partial charge in [0.05, 0.1) is 13.1 Å². The molecule has 1 atom stereocenters. The number of hydrogen-bond donors (Lipinski definition) is 2. The zero-order valence-electron chi connectivity index (χ0n) is 7.62. The molecule has 1 aliphatic heterocycles. The van der Waals surface area contributed by atoms with E-state index in [0.29, 0.717) is 6.54 Å². The summed E-state index contributed by atoms with van der Waals surface area (Å²) in [5, 5.41) is 11.5. The first-order valence-corrected chi connectivity index (χ1v) is 4.30. The number of aliphatic hydroxyl groups excluding tert-OH is 1. The van der Waals surface area contributed by atoms with Crippen LogP contribution in [-0.2, 0) is 9.59 Å². The maximum atomic E-state index is 11.2. The van der Waals surface area contributed by atoms with Gasteiger partial charge in [0, 0.05) is 13.2 Å². The van der Waals surface area contributed by atoms with Crippen molar-refractivity contribution in [3.63, 3.8) is 0 Å². The summed E-state index contributed by atoms with van der Waals surface area (Å²) in [7, 11) is 0. The van der Waals surface area contributed by atoms with E-state index >= 15 is 0 Å². The molecule has 1 saturated heterocycles. The highest BCUT2D eigenvalue weighted by atomic mass is 16.3. The van der Waals surface area contributed by atoms with E-state index in [1.165, 1.54) is 4.90 Å². The monoisotopic (exact) mass is 186 g/mol. The topological polar surface area (TPSA) is 69.6 Å². The van der Waals surface area contributed by atoms with Crippen LogP contribution >= 0.6 is 0 Å². The van der Waals surface area contributed by atoms with Crippen LogP contribution in [0.5, 0.6) is 0 Å². The Balaban J connectivity index is 2.54. The second-order valence-electron chi connectivity index (χ2n) is 3.29. The quantitative estimate of drug-likeness (QED) is 0.530. The van der Waals surface area contributed by atoms with E-state index in [1.807, 2.05) is 0 Å². The number of piperazine rings is 1. The van der Waals surface area contributed by atoms with Crippen LogP contribution in [-0.4, -0.2) is 48.1 Å². The largest absolute Gasteiger partial charge is 0.396 e. The van der Waals surface area contributed by atoms with Crippen molar-refractivity contribution in [2.24, 2.45) is 5.92 Å². The van der Waals surface area contributed by atoms with Crippen LogP contribution in [0.3, 0.4) is 0 Å². The lowest BCUT2D eigenvalue weighted by atomic mass is 10.1. The Morgan fingerprint density at radius 3 is 2.46 bits per heavy atom. The molecule has 74 valence electrons. The lowest BCUT2D eigenvalue weighted by Gasteiger charge is -2.27. The smallest absolute Gasteiger partial charge is 0.243 e. The second-order valence-corrected chi connectivity index (χ2v) is 3.29. The lowest BCUT2D eigenvalue weighted by molar-refractivity contribution is -0.147. The van der Waals surface area contributed by atoms with Gasteiger partial charge in [0.15, 0.2) is 0 Å². The highest BCUT2D eigenvalue weighted by molar-refractivity contribution is 5.99. The van der Waals surface area contributed by atoms with Gasteiger partial charge >= 0.3 is 0 Å². The summed E-state index contributed by atoms with van der Waals surface area (Å²) in [4.78, 5) is 23.6. The van der Waals surface area contributed by atoms with E-state index in [-0.39, 0.29) is 37.4 Å². The number of nitrogens with zero attached hydrogens (tertiary/aromatic N) is 1. The van der Waals surface area contributed by atoms with Crippen LogP contribution in [0.2, 0.25) is 0 Å². The minimum atomic E-state index is -0.212. The van der Waals surface area contributed by atoms with Crippen molar-refractivity contribution in [1.82, 2.24) is 10.2 Å². The number of hydrogen-bond acceptors (Lipinski definition) is 4. The Kier molecular flexibility index (Phi) is 3.39. The first kappa shape index (κ1) is 10.1. The summed E-state index contributed by atoms with van der Waals surface area (Å²) < 4.78 is 0. The van der Waals surface area contributed by atoms with Gasteiger partial charge in [0.1, 0.15) is 0 Å². The Hall–Kier alpha value is -0.940. The molecule has 0 aromatic carbocycles. The van der Waals surface area contributed by atoms with Gasteiger partial charge in [0.2, 0.25) is 11.8 Å². The summed E-state index contributed by atoms with van der Waals surface area (Å²) in [6.07, 6.45) is 0. The Labute approximate surface area is 76.7 Å². The summed E-state index contributed by atoms with van der Waals surface area (Å²) >= 11 is 0. The summed E-state index contributed by atoms with van der Waals surface area (Å²) in [6.45, 7) is 2.52. The molecule has 1 unspecified atom stereocenters. The van der Waals surface area contributed by atoms with Crippen LogP contribution in [0.25, 0.3) is 0 Å². The molecule has 2 N–H and O–H groups in total. The summed E-state index contributed by atoms with van der Waals surface area (Å²) in [6, 6.07) is 0. The molecule has 1 aliphatic rings. The van der Waals surface area contributed by atoms with Crippen molar-refractivity contribution >= 4 is 11.8 Å². The fourth-order valence-electron chi connectivity index (χ4n) is 1.18. The molecular formula is C8H14N2O3. The minimum Gasteiger partial charge on any atom is -0.396 e. The standard InChI is InChI=1S/C8H14N2O3/c1-6(5-11)4-10-7(12)2-9-3-8(10)13/h6,9,11H,2-5H2,1H3. The summed E-state index contributed by atoms with van der Waals surface area (Å²) in [5.41, 5.74) is 0. The molecule has 1 rings (SSSR count). The third-order valence-corrected chi connectivity index (χ3v) is 1.96. The van der Waals surface area contributed by atoms with Crippen molar-refractivity contribution in [2.75, 3.05) is 26.2 Å². The van der Waals surface area contributed by atoms with Crippen LogP contribution in [0.15, 0.2) is 0 Å². The molecule has 1 fully saturated rings. The normalized spacial score (nSPS) is 20.6. The number of nitrogens with one attached hydrogen (secondary N) is 1. The SMILES string of the molecule is CC(CO)CN1C(=O)CNCC1=O. The van der Waals surface area contributed by atoms with Crippen molar-refractivity contribution in [1.29, 1.82) is 0 Å². The Morgan fingerprint density at radius 1 is 1.46 bits per heavy atom. The molecule has 0 aromatic rings. The van der Waals surface area contributed by atoms with Crippen LogP contribution in [0.4, 0.5) is 0 Å². The first-order valence-electron chi connectivity index (χ1n) is 4.30. The molecule has 2 amide bonds. The molecule has 0 spiro atoms. The number of imide groups is 1. The fourth-order valence-corrected chi connectivity index (χ4v) is 1.18. The number of carbonyl (C=O) groups is 2. The number of amides is 2.